The first kappa shape index (κ1) is 24.4. The molecule has 0 atom stereocenters. The summed E-state index contributed by atoms with van der Waals surface area (Å²) in [6.45, 7) is 2.27. The highest BCUT2D eigenvalue weighted by Gasteiger charge is 2.22. The van der Waals surface area contributed by atoms with Gasteiger partial charge in [-0.15, -0.1) is 11.3 Å². The minimum Gasteiger partial charge on any atom is -0.492 e. The molecule has 1 heterocycles. The number of anilines is 1. The number of halogens is 3. The number of esters is 1. The predicted octanol–water partition coefficient (Wildman–Crippen LogP) is 7.35. The Hall–Kier alpha value is -2.25. The van der Waals surface area contributed by atoms with Gasteiger partial charge in [0.15, 0.2) is 0 Å². The number of amides is 1. The largest absolute Gasteiger partial charge is 0.492 e. The van der Waals surface area contributed by atoms with E-state index in [0.29, 0.717) is 50.0 Å². The third-order valence-corrected chi connectivity index (χ3v) is 6.06. The number of carbonyl (C=O) groups is 2. The molecule has 9 heteroatoms. The summed E-state index contributed by atoms with van der Waals surface area (Å²) in [6, 6.07) is 12.1. The topological polar surface area (TPSA) is 64.6 Å². The van der Waals surface area contributed by atoms with E-state index in [2.05, 4.69) is 5.32 Å². The van der Waals surface area contributed by atoms with Crippen LogP contribution in [-0.4, -0.2) is 25.1 Å². The maximum Gasteiger partial charge on any atom is 0.341 e. The Morgan fingerprint density at radius 1 is 1.03 bits per heavy atom. The van der Waals surface area contributed by atoms with Crippen LogP contribution in [0.4, 0.5) is 5.00 Å². The fourth-order valence-corrected chi connectivity index (χ4v) is 4.46. The SMILES string of the molecule is CCOC(=O)c1c(-c2ccc(Cl)cc2)csc1NC(=O)CCCOc1ccc(Cl)cc1Cl. The molecule has 0 unspecified atom stereocenters. The average molecular weight is 513 g/mol. The number of ether oxygens (including phenoxy) is 2. The van der Waals surface area contributed by atoms with E-state index in [1.165, 1.54) is 11.3 Å². The second kappa shape index (κ2) is 11.6. The summed E-state index contributed by atoms with van der Waals surface area (Å²) >= 11 is 19.2. The molecule has 168 valence electrons. The lowest BCUT2D eigenvalue weighted by atomic mass is 10.0. The molecule has 2 aromatic carbocycles. The van der Waals surface area contributed by atoms with E-state index in [0.717, 1.165) is 5.56 Å². The van der Waals surface area contributed by atoms with Crippen molar-refractivity contribution in [2.24, 2.45) is 0 Å². The van der Waals surface area contributed by atoms with Gasteiger partial charge >= 0.3 is 5.97 Å². The summed E-state index contributed by atoms with van der Waals surface area (Å²) in [5.41, 5.74) is 1.82. The molecule has 32 heavy (non-hydrogen) atoms. The van der Waals surface area contributed by atoms with E-state index in [1.54, 1.807) is 37.3 Å². The van der Waals surface area contributed by atoms with Crippen LogP contribution in [0.5, 0.6) is 5.75 Å². The summed E-state index contributed by atoms with van der Waals surface area (Å²) in [7, 11) is 0. The van der Waals surface area contributed by atoms with Crippen molar-refractivity contribution in [3.8, 4) is 16.9 Å². The number of hydrogen-bond acceptors (Lipinski definition) is 5. The van der Waals surface area contributed by atoms with Gasteiger partial charge in [-0.2, -0.15) is 0 Å². The quantitative estimate of drug-likeness (QED) is 0.240. The van der Waals surface area contributed by atoms with Crippen LogP contribution in [-0.2, 0) is 9.53 Å². The van der Waals surface area contributed by atoms with Gasteiger partial charge in [0.25, 0.3) is 0 Å². The Kier molecular flexibility index (Phi) is 8.82. The number of carbonyl (C=O) groups excluding carboxylic acids is 2. The molecule has 1 N–H and O–H groups in total. The lowest BCUT2D eigenvalue weighted by molar-refractivity contribution is -0.116. The van der Waals surface area contributed by atoms with Crippen LogP contribution < -0.4 is 10.1 Å². The summed E-state index contributed by atoms with van der Waals surface area (Å²) in [5, 5.41) is 6.61. The lowest BCUT2D eigenvalue weighted by Gasteiger charge is -2.10. The number of rotatable bonds is 9. The smallest absolute Gasteiger partial charge is 0.341 e. The molecule has 0 spiro atoms. The first-order valence-corrected chi connectivity index (χ1v) is 11.8. The zero-order valence-electron chi connectivity index (χ0n) is 17.1. The van der Waals surface area contributed by atoms with Crippen molar-refractivity contribution in [3.63, 3.8) is 0 Å². The first-order valence-electron chi connectivity index (χ1n) is 9.81. The van der Waals surface area contributed by atoms with Crippen LogP contribution in [0.2, 0.25) is 15.1 Å². The van der Waals surface area contributed by atoms with Crippen molar-refractivity contribution >= 4 is 63.0 Å². The molecule has 0 bridgehead atoms. The molecule has 1 aromatic heterocycles. The van der Waals surface area contributed by atoms with Crippen molar-refractivity contribution in [2.75, 3.05) is 18.5 Å². The van der Waals surface area contributed by atoms with Gasteiger partial charge in [-0.05, 0) is 49.2 Å². The van der Waals surface area contributed by atoms with Crippen molar-refractivity contribution in [3.05, 3.63) is 68.5 Å². The number of thiophene rings is 1. The Morgan fingerprint density at radius 2 is 1.75 bits per heavy atom. The highest BCUT2D eigenvalue weighted by atomic mass is 35.5. The highest BCUT2D eigenvalue weighted by molar-refractivity contribution is 7.15. The van der Waals surface area contributed by atoms with E-state index < -0.39 is 5.97 Å². The molecule has 3 aromatic rings. The average Bonchev–Trinajstić information content (AvgIpc) is 3.16. The molecule has 5 nitrogen and oxygen atoms in total. The van der Waals surface area contributed by atoms with Crippen molar-refractivity contribution in [2.45, 2.75) is 19.8 Å². The molecule has 3 rings (SSSR count). The zero-order valence-corrected chi connectivity index (χ0v) is 20.2. The van der Waals surface area contributed by atoms with Crippen LogP contribution in [0.25, 0.3) is 11.1 Å². The van der Waals surface area contributed by atoms with Gasteiger partial charge < -0.3 is 14.8 Å². The van der Waals surface area contributed by atoms with Crippen LogP contribution in [0.1, 0.15) is 30.1 Å². The second-order valence-corrected chi connectivity index (χ2v) is 8.82. The van der Waals surface area contributed by atoms with Crippen molar-refractivity contribution in [1.29, 1.82) is 0 Å². The Morgan fingerprint density at radius 3 is 2.44 bits per heavy atom. The number of hydrogen-bond donors (Lipinski definition) is 1. The molecule has 0 aliphatic heterocycles. The van der Waals surface area contributed by atoms with E-state index >= 15 is 0 Å². The molecular weight excluding hydrogens is 493 g/mol. The normalized spacial score (nSPS) is 10.6. The van der Waals surface area contributed by atoms with Gasteiger partial charge in [-0.3, -0.25) is 4.79 Å². The third-order valence-electron chi connectivity index (χ3n) is 4.38. The monoisotopic (exact) mass is 511 g/mol. The maximum absolute atomic E-state index is 12.6. The summed E-state index contributed by atoms with van der Waals surface area (Å²) in [4.78, 5) is 25.1. The standard InChI is InChI=1S/C23H20Cl3NO4S/c1-2-30-23(29)21-17(14-5-7-15(24)8-6-14)13-32-22(21)27-20(28)4-3-11-31-19-10-9-16(25)12-18(19)26/h5-10,12-13H,2-4,11H2,1H3,(H,27,28). The molecule has 0 aliphatic rings. The second-order valence-electron chi connectivity index (χ2n) is 6.66. The molecule has 0 fully saturated rings. The van der Waals surface area contributed by atoms with Crippen LogP contribution in [0.3, 0.4) is 0 Å². The maximum atomic E-state index is 12.6. The summed E-state index contributed by atoms with van der Waals surface area (Å²) < 4.78 is 10.8. The molecule has 1 amide bonds. The van der Waals surface area contributed by atoms with Gasteiger partial charge in [-0.25, -0.2) is 4.79 Å². The Balaban J connectivity index is 1.64. The molecule has 0 saturated carbocycles. The minimum atomic E-state index is -0.491. The van der Waals surface area contributed by atoms with Crippen LogP contribution in [0, 0.1) is 0 Å². The summed E-state index contributed by atoms with van der Waals surface area (Å²) in [5.74, 6) is -0.215. The van der Waals surface area contributed by atoms with Crippen LogP contribution in [0.15, 0.2) is 47.8 Å². The Labute approximate surface area is 205 Å². The van der Waals surface area contributed by atoms with Crippen molar-refractivity contribution in [1.82, 2.24) is 0 Å². The van der Waals surface area contributed by atoms with E-state index in [4.69, 9.17) is 44.3 Å². The molecule has 0 radical (unpaired) electrons. The zero-order chi connectivity index (χ0) is 23.1. The van der Waals surface area contributed by atoms with Crippen LogP contribution >= 0.6 is 46.1 Å². The van der Waals surface area contributed by atoms with E-state index in [9.17, 15) is 9.59 Å². The van der Waals surface area contributed by atoms with Gasteiger partial charge in [0, 0.05) is 27.4 Å². The third kappa shape index (κ3) is 6.39. The predicted molar refractivity (Wildman–Crippen MR) is 131 cm³/mol. The van der Waals surface area contributed by atoms with Gasteiger partial charge in [0.05, 0.1) is 18.2 Å². The van der Waals surface area contributed by atoms with Gasteiger partial charge in [0.2, 0.25) is 5.91 Å². The minimum absolute atomic E-state index is 0.210. The summed E-state index contributed by atoms with van der Waals surface area (Å²) in [6.07, 6.45) is 0.677. The fourth-order valence-electron chi connectivity index (χ4n) is 2.89. The first-order chi connectivity index (χ1) is 15.4. The lowest BCUT2D eigenvalue weighted by Crippen LogP contribution is -2.15. The molecule has 0 aliphatic carbocycles. The van der Waals surface area contributed by atoms with E-state index in [1.807, 2.05) is 17.5 Å². The van der Waals surface area contributed by atoms with E-state index in [-0.39, 0.29) is 18.9 Å². The highest BCUT2D eigenvalue weighted by Crippen LogP contribution is 2.37. The van der Waals surface area contributed by atoms with Crippen molar-refractivity contribution < 1.29 is 19.1 Å². The number of benzene rings is 2. The molecule has 0 saturated heterocycles. The number of nitrogens with one attached hydrogen (secondary N) is 1. The molecular formula is C23H20Cl3NO4S. The Bertz CT molecular complexity index is 1100. The van der Waals surface area contributed by atoms with Gasteiger partial charge in [-0.1, -0.05) is 46.9 Å². The fraction of sp³-hybridized carbons (Fsp3) is 0.217. The van der Waals surface area contributed by atoms with Gasteiger partial charge in [0.1, 0.15) is 16.3 Å².